The maximum absolute atomic E-state index is 12.1. The highest BCUT2D eigenvalue weighted by Gasteiger charge is 2.23. The molecule has 1 heterocycles. The number of hydrogen-bond acceptors (Lipinski definition) is 5. The zero-order chi connectivity index (χ0) is 14.6. The van der Waals surface area contributed by atoms with Crippen LogP contribution in [0.1, 0.15) is 5.69 Å². The number of thiocarbonyl (C=S) groups is 1. The van der Waals surface area contributed by atoms with Crippen molar-refractivity contribution >= 4 is 33.1 Å². The van der Waals surface area contributed by atoms with Gasteiger partial charge in [-0.15, -0.1) is 0 Å². The van der Waals surface area contributed by atoms with Gasteiger partial charge in [0.05, 0.1) is 12.2 Å². The molecule has 1 aromatic rings. The third-order valence-electron chi connectivity index (χ3n) is 2.34. The van der Waals surface area contributed by atoms with E-state index < -0.39 is 15.9 Å². The molecule has 0 saturated heterocycles. The van der Waals surface area contributed by atoms with Crippen LogP contribution in [0.5, 0.6) is 0 Å². The third kappa shape index (κ3) is 3.69. The van der Waals surface area contributed by atoms with Crippen LogP contribution in [-0.2, 0) is 14.8 Å². The molecule has 0 unspecified atom stereocenters. The first-order chi connectivity index (χ1) is 8.78. The SMILES string of the molecule is CNC(=O)CN(C)S(=O)(=O)c1ccc(C(N)=S)nc1. The van der Waals surface area contributed by atoms with E-state index in [1.54, 1.807) is 0 Å². The van der Waals surface area contributed by atoms with E-state index in [1.165, 1.54) is 26.2 Å². The lowest BCUT2D eigenvalue weighted by Crippen LogP contribution is -2.36. The fraction of sp³-hybridized carbons (Fsp3) is 0.300. The second-order valence-corrected chi connectivity index (χ2v) is 6.16. The van der Waals surface area contributed by atoms with Crippen molar-refractivity contribution in [3.05, 3.63) is 24.0 Å². The molecule has 0 bridgehead atoms. The van der Waals surface area contributed by atoms with Gasteiger partial charge in [-0.3, -0.25) is 9.78 Å². The number of aromatic nitrogens is 1. The van der Waals surface area contributed by atoms with Gasteiger partial charge in [-0.05, 0) is 12.1 Å². The highest BCUT2D eigenvalue weighted by molar-refractivity contribution is 7.89. The van der Waals surface area contributed by atoms with Crippen molar-refractivity contribution in [3.8, 4) is 0 Å². The molecular formula is C10H14N4O3S2. The normalized spacial score (nSPS) is 11.3. The molecule has 9 heteroatoms. The van der Waals surface area contributed by atoms with E-state index in [0.717, 1.165) is 10.5 Å². The van der Waals surface area contributed by atoms with E-state index in [1.807, 2.05) is 0 Å². The molecule has 3 N–H and O–H groups in total. The van der Waals surface area contributed by atoms with Crippen LogP contribution in [0.2, 0.25) is 0 Å². The quantitative estimate of drug-likeness (QED) is 0.682. The average molecular weight is 302 g/mol. The monoisotopic (exact) mass is 302 g/mol. The first kappa shape index (κ1) is 15.5. The largest absolute Gasteiger partial charge is 0.388 e. The van der Waals surface area contributed by atoms with Gasteiger partial charge in [0, 0.05) is 20.3 Å². The minimum atomic E-state index is -3.76. The topological polar surface area (TPSA) is 105 Å². The summed E-state index contributed by atoms with van der Waals surface area (Å²) in [6.45, 7) is -0.268. The van der Waals surface area contributed by atoms with Gasteiger partial charge >= 0.3 is 0 Å². The van der Waals surface area contributed by atoms with Gasteiger partial charge in [-0.1, -0.05) is 12.2 Å². The predicted octanol–water partition coefficient (Wildman–Crippen LogP) is -0.918. The summed E-state index contributed by atoms with van der Waals surface area (Å²) in [5.74, 6) is -0.404. The molecular weight excluding hydrogens is 288 g/mol. The summed E-state index contributed by atoms with van der Waals surface area (Å²) in [6, 6.07) is 2.76. The number of carbonyl (C=O) groups is 1. The molecule has 0 radical (unpaired) electrons. The van der Waals surface area contributed by atoms with Gasteiger partial charge in [0.25, 0.3) is 0 Å². The van der Waals surface area contributed by atoms with Gasteiger partial charge in [-0.2, -0.15) is 4.31 Å². The number of amides is 1. The maximum atomic E-state index is 12.1. The van der Waals surface area contributed by atoms with E-state index in [4.69, 9.17) is 18.0 Å². The Morgan fingerprint density at radius 1 is 1.53 bits per heavy atom. The van der Waals surface area contributed by atoms with Crippen molar-refractivity contribution in [1.29, 1.82) is 0 Å². The number of nitrogens with two attached hydrogens (primary N) is 1. The van der Waals surface area contributed by atoms with E-state index in [-0.39, 0.29) is 16.4 Å². The van der Waals surface area contributed by atoms with Crippen LogP contribution in [0.4, 0.5) is 0 Å². The molecule has 7 nitrogen and oxygen atoms in total. The summed E-state index contributed by atoms with van der Waals surface area (Å²) in [6.07, 6.45) is 1.16. The van der Waals surface area contributed by atoms with E-state index in [9.17, 15) is 13.2 Å². The van der Waals surface area contributed by atoms with E-state index >= 15 is 0 Å². The standard InChI is InChI=1S/C10H14N4O3S2/c1-12-9(15)6-14(2)19(16,17)7-3-4-8(10(11)18)13-5-7/h3-5H,6H2,1-2H3,(H2,11,18)(H,12,15). The Balaban J connectivity index is 3.00. The van der Waals surface area contributed by atoms with Gasteiger partial charge in [0.15, 0.2) is 0 Å². The number of pyridine rings is 1. The van der Waals surface area contributed by atoms with Crippen LogP contribution in [-0.4, -0.2) is 49.2 Å². The number of rotatable bonds is 5. The lowest BCUT2D eigenvalue weighted by atomic mass is 10.3. The van der Waals surface area contributed by atoms with Crippen LogP contribution in [0.3, 0.4) is 0 Å². The van der Waals surface area contributed by atoms with E-state index in [2.05, 4.69) is 10.3 Å². The molecule has 19 heavy (non-hydrogen) atoms. The molecule has 0 aliphatic carbocycles. The molecule has 1 amide bonds. The highest BCUT2D eigenvalue weighted by Crippen LogP contribution is 2.13. The lowest BCUT2D eigenvalue weighted by molar-refractivity contribution is -0.120. The molecule has 0 fully saturated rings. The van der Waals surface area contributed by atoms with Gasteiger partial charge < -0.3 is 11.1 Å². The Bertz CT molecular complexity index is 583. The number of likely N-dealkylation sites (N-methyl/N-ethyl adjacent to an activating group) is 2. The summed E-state index contributed by atoms with van der Waals surface area (Å²) in [7, 11) is -1.02. The summed E-state index contributed by atoms with van der Waals surface area (Å²) < 4.78 is 25.1. The Labute approximate surface area is 116 Å². The minimum absolute atomic E-state index is 0.0288. The smallest absolute Gasteiger partial charge is 0.244 e. The first-order valence-corrected chi connectivity index (χ1v) is 7.06. The fourth-order valence-corrected chi connectivity index (χ4v) is 2.42. The average Bonchev–Trinajstić information content (AvgIpc) is 2.38. The second kappa shape index (κ2) is 6.04. The molecule has 0 aliphatic heterocycles. The van der Waals surface area contributed by atoms with Gasteiger partial charge in [-0.25, -0.2) is 8.42 Å². The van der Waals surface area contributed by atoms with Gasteiger partial charge in [0.2, 0.25) is 15.9 Å². The van der Waals surface area contributed by atoms with Crippen molar-refractivity contribution in [2.24, 2.45) is 5.73 Å². The van der Waals surface area contributed by atoms with Crippen LogP contribution >= 0.6 is 12.2 Å². The highest BCUT2D eigenvalue weighted by atomic mass is 32.2. The lowest BCUT2D eigenvalue weighted by Gasteiger charge is -2.16. The number of hydrogen-bond donors (Lipinski definition) is 2. The molecule has 0 aromatic carbocycles. The van der Waals surface area contributed by atoms with Crippen LogP contribution in [0, 0.1) is 0 Å². The minimum Gasteiger partial charge on any atom is -0.388 e. The van der Waals surface area contributed by atoms with Crippen LogP contribution in [0.25, 0.3) is 0 Å². The number of nitrogens with one attached hydrogen (secondary N) is 1. The Hall–Kier alpha value is -1.58. The van der Waals surface area contributed by atoms with E-state index in [0.29, 0.717) is 5.69 Å². The molecule has 1 rings (SSSR count). The van der Waals surface area contributed by atoms with Crippen molar-refractivity contribution in [2.75, 3.05) is 20.6 Å². The molecule has 0 atom stereocenters. The Morgan fingerprint density at radius 3 is 2.58 bits per heavy atom. The van der Waals surface area contributed by atoms with Crippen molar-refractivity contribution < 1.29 is 13.2 Å². The van der Waals surface area contributed by atoms with Crippen molar-refractivity contribution in [3.63, 3.8) is 0 Å². The Kier molecular flexibility index (Phi) is 4.92. The number of nitrogens with zero attached hydrogens (tertiary/aromatic N) is 2. The van der Waals surface area contributed by atoms with Crippen molar-refractivity contribution in [1.82, 2.24) is 14.6 Å². The van der Waals surface area contributed by atoms with Gasteiger partial charge in [0.1, 0.15) is 9.88 Å². The van der Waals surface area contributed by atoms with Crippen LogP contribution < -0.4 is 11.1 Å². The first-order valence-electron chi connectivity index (χ1n) is 5.22. The molecule has 104 valence electrons. The molecule has 0 spiro atoms. The van der Waals surface area contributed by atoms with Crippen LogP contribution in [0.15, 0.2) is 23.2 Å². The summed E-state index contributed by atoms with van der Waals surface area (Å²) in [4.78, 5) is 15.1. The molecule has 0 aliphatic rings. The number of sulfonamides is 1. The molecule has 0 saturated carbocycles. The summed E-state index contributed by atoms with van der Waals surface area (Å²) >= 11 is 4.73. The number of carbonyl (C=O) groups excluding carboxylic acids is 1. The summed E-state index contributed by atoms with van der Waals surface area (Å²) in [5, 5.41) is 2.35. The zero-order valence-corrected chi connectivity index (χ0v) is 12.1. The maximum Gasteiger partial charge on any atom is 0.244 e. The molecule has 1 aromatic heterocycles. The predicted molar refractivity (Wildman–Crippen MR) is 74.0 cm³/mol. The zero-order valence-electron chi connectivity index (χ0n) is 10.5. The van der Waals surface area contributed by atoms with Crippen molar-refractivity contribution in [2.45, 2.75) is 4.90 Å². The third-order valence-corrected chi connectivity index (χ3v) is 4.34. The second-order valence-electron chi connectivity index (χ2n) is 3.68. The fourth-order valence-electron chi connectivity index (χ4n) is 1.22. The summed E-state index contributed by atoms with van der Waals surface area (Å²) in [5.41, 5.74) is 5.71. The Morgan fingerprint density at radius 2 is 2.16 bits per heavy atom.